The Morgan fingerprint density at radius 3 is 2.65 bits per heavy atom. The third-order valence-corrected chi connectivity index (χ3v) is 2.84. The molecule has 0 bridgehead atoms. The van der Waals surface area contributed by atoms with Gasteiger partial charge in [0.15, 0.2) is 0 Å². The molecule has 5 nitrogen and oxygen atoms in total. The molecule has 0 atom stereocenters. The van der Waals surface area contributed by atoms with Crippen molar-refractivity contribution in [3.8, 4) is 5.75 Å². The summed E-state index contributed by atoms with van der Waals surface area (Å²) in [6.07, 6.45) is 2.70. The van der Waals surface area contributed by atoms with E-state index in [1.54, 1.807) is 0 Å². The molecule has 9 heteroatoms. The normalized spacial score (nSPS) is 12.9. The van der Waals surface area contributed by atoms with Crippen molar-refractivity contribution in [2.75, 3.05) is 0 Å². The fraction of sp³-hybridized carbons (Fsp3) is 0.125. The van der Waals surface area contributed by atoms with Crippen LogP contribution < -0.4 is 4.18 Å². The predicted molar refractivity (Wildman–Crippen MR) is 50.8 cm³/mol. The number of halogens is 3. The smallest absolute Gasteiger partial charge is 0.376 e. The lowest BCUT2D eigenvalue weighted by atomic mass is 10.4. The van der Waals surface area contributed by atoms with Gasteiger partial charge in [0.1, 0.15) is 5.75 Å². The zero-order valence-corrected chi connectivity index (χ0v) is 8.86. The molecule has 17 heavy (non-hydrogen) atoms. The van der Waals surface area contributed by atoms with E-state index in [9.17, 15) is 21.6 Å². The Labute approximate surface area is 93.5 Å². The molecule has 0 spiro atoms. The number of pyridine rings is 1. The van der Waals surface area contributed by atoms with Crippen LogP contribution >= 0.6 is 0 Å². The first-order chi connectivity index (χ1) is 7.79. The van der Waals surface area contributed by atoms with Gasteiger partial charge in [0, 0.05) is 24.5 Å². The molecule has 0 aliphatic rings. The minimum atomic E-state index is -5.63. The lowest BCUT2D eigenvalue weighted by Gasteiger charge is -2.09. The molecule has 0 N–H and O–H groups in total. The van der Waals surface area contributed by atoms with E-state index < -0.39 is 21.4 Å². The summed E-state index contributed by atoms with van der Waals surface area (Å²) in [6.45, 7) is 0. The summed E-state index contributed by atoms with van der Waals surface area (Å²) in [6, 6.07) is 3.70. The summed E-state index contributed by atoms with van der Waals surface area (Å²) < 4.78 is 62.9. The zero-order valence-electron chi connectivity index (χ0n) is 8.05. The molecule has 92 valence electrons. The largest absolute Gasteiger partial charge is 0.534 e. The minimum absolute atomic E-state index is 0.417. The van der Waals surface area contributed by atoms with E-state index in [4.69, 9.17) is 0 Å². The number of hydrogen-bond acceptors (Lipinski definition) is 4. The maximum Gasteiger partial charge on any atom is 0.534 e. The number of hydrogen-bond donors (Lipinski definition) is 0. The van der Waals surface area contributed by atoms with Crippen LogP contribution in [-0.4, -0.2) is 23.5 Å². The summed E-state index contributed by atoms with van der Waals surface area (Å²) in [5.41, 5.74) is -5.03. The van der Waals surface area contributed by atoms with Gasteiger partial charge in [0.2, 0.25) is 0 Å². The summed E-state index contributed by atoms with van der Waals surface area (Å²) in [7, 11) is -5.63. The quantitative estimate of drug-likeness (QED) is 0.611. The molecule has 0 aromatic carbocycles. The molecule has 0 saturated carbocycles. The lowest BCUT2D eigenvalue weighted by molar-refractivity contribution is -0.0500. The highest BCUT2D eigenvalue weighted by Crippen LogP contribution is 2.27. The van der Waals surface area contributed by atoms with Crippen LogP contribution in [0.1, 0.15) is 0 Å². The Morgan fingerprint density at radius 1 is 1.29 bits per heavy atom. The zero-order chi connectivity index (χ0) is 12.7. The third-order valence-electron chi connectivity index (χ3n) is 1.86. The second kappa shape index (κ2) is 3.62. The van der Waals surface area contributed by atoms with Gasteiger partial charge in [-0.05, 0) is 6.07 Å². The highest BCUT2D eigenvalue weighted by Gasteiger charge is 2.48. The van der Waals surface area contributed by atoms with Gasteiger partial charge in [-0.2, -0.15) is 26.7 Å². The van der Waals surface area contributed by atoms with Gasteiger partial charge in [0.05, 0.1) is 5.52 Å². The Kier molecular flexibility index (Phi) is 2.49. The van der Waals surface area contributed by atoms with Crippen LogP contribution in [0.2, 0.25) is 0 Å². The van der Waals surface area contributed by atoms with Gasteiger partial charge in [-0.25, -0.2) is 4.52 Å². The molecule has 0 amide bonds. The summed E-state index contributed by atoms with van der Waals surface area (Å²) >= 11 is 0. The van der Waals surface area contributed by atoms with E-state index in [0.717, 1.165) is 12.1 Å². The van der Waals surface area contributed by atoms with Crippen molar-refractivity contribution in [3.05, 3.63) is 30.6 Å². The Bertz CT molecular complexity index is 647. The van der Waals surface area contributed by atoms with Crippen molar-refractivity contribution in [2.45, 2.75) is 5.51 Å². The SMILES string of the molecule is O=S(=O)(Oc1ccn2nccc2c1)C(F)(F)F. The first-order valence-corrected chi connectivity index (χ1v) is 5.64. The first-order valence-electron chi connectivity index (χ1n) is 4.24. The number of alkyl halides is 3. The van der Waals surface area contributed by atoms with Gasteiger partial charge in [-0.1, -0.05) is 0 Å². The number of nitrogens with zero attached hydrogens (tertiary/aromatic N) is 2. The topological polar surface area (TPSA) is 60.7 Å². The fourth-order valence-corrected chi connectivity index (χ4v) is 1.58. The Morgan fingerprint density at radius 2 is 2.00 bits per heavy atom. The van der Waals surface area contributed by atoms with Gasteiger partial charge >= 0.3 is 15.6 Å². The molecule has 0 aliphatic heterocycles. The second-order valence-corrected chi connectivity index (χ2v) is 4.58. The van der Waals surface area contributed by atoms with Crippen molar-refractivity contribution in [2.24, 2.45) is 0 Å². The van der Waals surface area contributed by atoms with Crippen LogP contribution in [0, 0.1) is 0 Å². The molecule has 2 aromatic heterocycles. The van der Waals surface area contributed by atoms with Crippen molar-refractivity contribution < 1.29 is 25.8 Å². The monoisotopic (exact) mass is 266 g/mol. The van der Waals surface area contributed by atoms with Gasteiger partial charge in [-0.3, -0.25) is 0 Å². The fourth-order valence-electron chi connectivity index (χ4n) is 1.13. The maximum absolute atomic E-state index is 12.0. The standard InChI is InChI=1S/C8H5F3N2O3S/c9-8(10,11)17(14,15)16-7-2-4-13-6(5-7)1-3-12-13/h1-5H. The van der Waals surface area contributed by atoms with Crippen LogP contribution in [0.5, 0.6) is 5.75 Å². The molecule has 0 aliphatic carbocycles. The average molecular weight is 266 g/mol. The minimum Gasteiger partial charge on any atom is -0.376 e. The van der Waals surface area contributed by atoms with E-state index in [0.29, 0.717) is 5.52 Å². The molecule has 0 saturated heterocycles. The molecule has 2 rings (SSSR count). The Balaban J connectivity index is 2.36. The third kappa shape index (κ3) is 2.18. The van der Waals surface area contributed by atoms with Crippen LogP contribution in [0.3, 0.4) is 0 Å². The lowest BCUT2D eigenvalue weighted by Crippen LogP contribution is -2.28. The van der Waals surface area contributed by atoms with E-state index in [2.05, 4.69) is 9.28 Å². The van der Waals surface area contributed by atoms with E-state index in [1.807, 2.05) is 0 Å². The summed E-state index contributed by atoms with van der Waals surface area (Å²) in [4.78, 5) is 0. The van der Waals surface area contributed by atoms with E-state index in [1.165, 1.54) is 23.0 Å². The first kappa shape index (κ1) is 11.7. The van der Waals surface area contributed by atoms with Crippen LogP contribution in [0.15, 0.2) is 30.6 Å². The van der Waals surface area contributed by atoms with Crippen molar-refractivity contribution in [3.63, 3.8) is 0 Å². The number of fused-ring (bicyclic) bond motifs is 1. The van der Waals surface area contributed by atoms with Crippen LogP contribution in [-0.2, 0) is 10.1 Å². The van der Waals surface area contributed by atoms with Gasteiger partial charge in [0.25, 0.3) is 0 Å². The average Bonchev–Trinajstić information content (AvgIpc) is 2.62. The molecular formula is C8H5F3N2O3S. The van der Waals surface area contributed by atoms with Gasteiger partial charge < -0.3 is 4.18 Å². The summed E-state index contributed by atoms with van der Waals surface area (Å²) in [5, 5.41) is 3.79. The van der Waals surface area contributed by atoms with Crippen molar-refractivity contribution in [1.82, 2.24) is 9.61 Å². The van der Waals surface area contributed by atoms with Crippen molar-refractivity contribution in [1.29, 1.82) is 0 Å². The van der Waals surface area contributed by atoms with E-state index >= 15 is 0 Å². The predicted octanol–water partition coefficient (Wildman–Crippen LogP) is 1.56. The molecule has 2 heterocycles. The highest BCUT2D eigenvalue weighted by atomic mass is 32.2. The van der Waals surface area contributed by atoms with E-state index in [-0.39, 0.29) is 0 Å². The van der Waals surface area contributed by atoms with Crippen LogP contribution in [0.25, 0.3) is 5.52 Å². The number of aromatic nitrogens is 2. The molecule has 0 fully saturated rings. The number of rotatable bonds is 2. The maximum atomic E-state index is 12.0. The van der Waals surface area contributed by atoms with Gasteiger partial charge in [-0.15, -0.1) is 0 Å². The molecule has 2 aromatic rings. The van der Waals surface area contributed by atoms with Crippen molar-refractivity contribution >= 4 is 15.6 Å². The molecule has 0 radical (unpaired) electrons. The Hall–Kier alpha value is -1.77. The molecule has 0 unspecified atom stereocenters. The summed E-state index contributed by atoms with van der Waals surface area (Å²) in [5.74, 6) is -0.421. The van der Waals surface area contributed by atoms with Crippen LogP contribution in [0.4, 0.5) is 13.2 Å². The second-order valence-electron chi connectivity index (χ2n) is 3.05. The highest BCUT2D eigenvalue weighted by molar-refractivity contribution is 7.87. The molecular weight excluding hydrogens is 261 g/mol.